The van der Waals surface area contributed by atoms with E-state index >= 15 is 0 Å². The zero-order chi connectivity index (χ0) is 34.8. The van der Waals surface area contributed by atoms with Crippen LogP contribution < -0.4 is 0 Å². The maximum Gasteiger partial charge on any atom is 0.0824 e. The fourth-order valence-corrected chi connectivity index (χ4v) is 8.74. The first-order valence-corrected chi connectivity index (χ1v) is 19.6. The first-order chi connectivity index (χ1) is 20.4. The summed E-state index contributed by atoms with van der Waals surface area (Å²) in [4.78, 5) is 0. The minimum Gasteiger partial charge on any atom is -0.388 e. The zero-order valence-electron chi connectivity index (χ0n) is 32.0. The van der Waals surface area contributed by atoms with Crippen molar-refractivity contribution in [2.75, 3.05) is 0 Å². The van der Waals surface area contributed by atoms with Gasteiger partial charge >= 0.3 is 127 Å². The molecule has 0 heterocycles. The third-order valence-electron chi connectivity index (χ3n) is 10.2. The van der Waals surface area contributed by atoms with Gasteiger partial charge in [-0.3, -0.25) is 0 Å². The monoisotopic (exact) mass is 705 g/mol. The molecule has 0 fully saturated rings. The molecule has 7 atom stereocenters. The van der Waals surface area contributed by atoms with Crippen LogP contribution in [0.2, 0.25) is 0 Å². The van der Waals surface area contributed by atoms with Gasteiger partial charge < -0.3 is 10.2 Å². The van der Waals surface area contributed by atoms with E-state index in [4.69, 9.17) is 3.50 Å². The number of hydrogen-bond acceptors (Lipinski definition) is 3. The van der Waals surface area contributed by atoms with Crippen LogP contribution in [0.15, 0.2) is 44.5 Å². The molecule has 2 unspecified atom stereocenters. The molecule has 0 spiro atoms. The summed E-state index contributed by atoms with van der Waals surface area (Å²) < 4.78 is 7.42. The largest absolute Gasteiger partial charge is 0.388 e. The van der Waals surface area contributed by atoms with E-state index in [-0.39, 0.29) is 28.1 Å². The van der Waals surface area contributed by atoms with E-state index in [0.29, 0.717) is 29.6 Å². The summed E-state index contributed by atoms with van der Waals surface area (Å²) in [6, 6.07) is 6.65. The average molecular weight is 704 g/mol. The Morgan fingerprint density at radius 1 is 0.844 bits per heavy atom. The first-order valence-electron chi connectivity index (χ1n) is 17.5. The summed E-state index contributed by atoms with van der Waals surface area (Å²) in [6.45, 7) is 38.0. The van der Waals surface area contributed by atoms with Gasteiger partial charge in [0.2, 0.25) is 0 Å². The molecule has 1 aromatic carbocycles. The normalized spacial score (nSPS) is 28.0. The summed E-state index contributed by atoms with van der Waals surface area (Å²) in [5.41, 5.74) is 7.92. The molecule has 0 saturated heterocycles. The zero-order valence-corrected chi connectivity index (χ0v) is 34.0. The Morgan fingerprint density at radius 2 is 1.36 bits per heavy atom. The molecule has 0 radical (unpaired) electrons. The Bertz CT molecular complexity index is 1250. The summed E-state index contributed by atoms with van der Waals surface area (Å²) in [5.74, 6) is 2.49. The molecule has 3 nitrogen and oxygen atoms in total. The Labute approximate surface area is 286 Å². The maximum absolute atomic E-state index is 11.4. The Kier molecular flexibility index (Phi) is 13.8. The van der Waals surface area contributed by atoms with E-state index in [9.17, 15) is 10.2 Å². The van der Waals surface area contributed by atoms with Gasteiger partial charge in [0.1, 0.15) is 0 Å². The van der Waals surface area contributed by atoms with Crippen molar-refractivity contribution in [1.29, 1.82) is 0 Å². The van der Waals surface area contributed by atoms with Crippen molar-refractivity contribution in [1.82, 2.24) is 0 Å². The van der Waals surface area contributed by atoms with Gasteiger partial charge in [0.15, 0.2) is 0 Å². The molecule has 0 aliphatic heterocycles. The van der Waals surface area contributed by atoms with Gasteiger partial charge in [-0.15, -0.1) is 0 Å². The van der Waals surface area contributed by atoms with Crippen LogP contribution in [0.3, 0.4) is 0 Å². The van der Waals surface area contributed by atoms with Crippen LogP contribution >= 0.6 is 0 Å². The second-order valence-electron chi connectivity index (χ2n) is 18.0. The molecule has 0 saturated carbocycles. The van der Waals surface area contributed by atoms with Crippen LogP contribution in [0.4, 0.5) is 5.69 Å². The smallest absolute Gasteiger partial charge is 0.0824 e. The van der Waals surface area contributed by atoms with E-state index < -0.39 is 30.1 Å². The third kappa shape index (κ3) is 10.2. The number of benzene rings is 1. The van der Waals surface area contributed by atoms with Crippen LogP contribution in [0.1, 0.15) is 147 Å². The van der Waals surface area contributed by atoms with Gasteiger partial charge in [0, 0.05) is 5.92 Å². The molecule has 4 heteroatoms. The van der Waals surface area contributed by atoms with Gasteiger partial charge in [-0.2, -0.15) is 0 Å². The SMILES string of the molecule is CC(C)c1cccc(C(C)C)c1[N]=[Mo]=[CH]C(C)(C)C.CC1=C(C2C(C)[C@@H](C)C=C(C(C)(C)C)[C@H]2O)[C@@H](O)[C@@H](C(C)(C)C)C[C@H]1C. The second-order valence-corrected chi connectivity index (χ2v) is 19.6. The fourth-order valence-electron chi connectivity index (χ4n) is 7.05. The Balaban J connectivity index is 0.000000330. The minimum atomic E-state index is -0.508. The number of hydrogen-bond donors (Lipinski definition) is 2. The van der Waals surface area contributed by atoms with Crippen LogP contribution in [0.5, 0.6) is 0 Å². The average Bonchev–Trinajstić information content (AvgIpc) is 2.88. The van der Waals surface area contributed by atoms with Crippen molar-refractivity contribution in [3.05, 3.63) is 52.1 Å². The number of rotatable bonds is 4. The second kappa shape index (κ2) is 15.5. The van der Waals surface area contributed by atoms with E-state index in [1.807, 2.05) is 0 Å². The Morgan fingerprint density at radius 3 is 1.78 bits per heavy atom. The van der Waals surface area contributed by atoms with Gasteiger partial charge in [-0.1, -0.05) is 74.0 Å². The van der Waals surface area contributed by atoms with Gasteiger partial charge in [0.25, 0.3) is 0 Å². The maximum atomic E-state index is 11.4. The van der Waals surface area contributed by atoms with Gasteiger partial charge in [-0.25, -0.2) is 0 Å². The molecule has 3 rings (SSSR count). The van der Waals surface area contributed by atoms with Crippen molar-refractivity contribution >= 4 is 10.1 Å². The summed E-state index contributed by atoms with van der Waals surface area (Å²) in [5, 5.41) is 22.8. The molecule has 2 aliphatic rings. The van der Waals surface area contributed by atoms with Crippen LogP contribution in [0, 0.1) is 45.8 Å². The first kappa shape index (κ1) is 40.2. The number of allylic oxidation sites excluding steroid dienone is 2. The van der Waals surface area contributed by atoms with Crippen molar-refractivity contribution < 1.29 is 28.1 Å². The standard InChI is InChI=1S/C24H42O2.C12H17N.C5H10.Mo/c1-13-11-17(23(5,6)7)21(25)19(15(13)3)20-16(4)14(2)12-18(22(20)26)24(8,9)10;1-8(2)10-6-5-7-11(9(3)4)12(10)13;1-5(2,3)4;/h11,13-15,18-19,21-22,25-26H,12H2,1-10H3;5-9H,1-4H3;1H,2-4H3;/t13-,14+,15?,18-,19?,21+,22-;;;/m0.../s1. The molecule has 1 aromatic rings. The topological polar surface area (TPSA) is 52.8 Å². The summed E-state index contributed by atoms with van der Waals surface area (Å²) in [7, 11) is 0. The van der Waals surface area contributed by atoms with Crippen LogP contribution in [-0.4, -0.2) is 26.8 Å². The van der Waals surface area contributed by atoms with Crippen molar-refractivity contribution in [3.8, 4) is 0 Å². The molecule has 256 valence electrons. The van der Waals surface area contributed by atoms with Crippen LogP contribution in [0.25, 0.3) is 0 Å². The summed E-state index contributed by atoms with van der Waals surface area (Å²) in [6.07, 6.45) is 2.34. The molecular formula is C41H69MoNO2. The minimum absolute atomic E-state index is 0.00632. The molecule has 0 amide bonds. The Hall–Kier alpha value is -1.02. The van der Waals surface area contributed by atoms with Gasteiger partial charge in [0.05, 0.1) is 12.2 Å². The number of aliphatic hydroxyl groups is 2. The van der Waals surface area contributed by atoms with Crippen molar-refractivity contribution in [3.63, 3.8) is 0 Å². The van der Waals surface area contributed by atoms with Crippen LogP contribution in [-0.2, 0) is 17.9 Å². The van der Waals surface area contributed by atoms with Gasteiger partial charge in [-0.05, 0) is 59.0 Å². The quantitative estimate of drug-likeness (QED) is 0.242. The summed E-state index contributed by atoms with van der Waals surface area (Å²) >= 11 is -0.415. The predicted octanol–water partition coefficient (Wildman–Crippen LogP) is 11.3. The number of nitrogens with zero attached hydrogens (tertiary/aromatic N) is 1. The van der Waals surface area contributed by atoms with E-state index in [1.165, 1.54) is 22.4 Å². The third-order valence-corrected chi connectivity index (χ3v) is 12.9. The molecule has 2 aliphatic carbocycles. The van der Waals surface area contributed by atoms with E-state index in [2.05, 4.69) is 146 Å². The number of aliphatic hydroxyl groups excluding tert-OH is 2. The van der Waals surface area contributed by atoms with Crippen molar-refractivity contribution in [2.45, 2.75) is 148 Å². The van der Waals surface area contributed by atoms with E-state index in [0.717, 1.165) is 17.6 Å². The fraction of sp³-hybridized carbons (Fsp3) is 0.732. The van der Waals surface area contributed by atoms with E-state index in [1.54, 1.807) is 0 Å². The molecular weight excluding hydrogens is 634 g/mol. The van der Waals surface area contributed by atoms with Crippen molar-refractivity contribution in [2.24, 2.45) is 49.3 Å². The molecule has 0 bridgehead atoms. The molecule has 45 heavy (non-hydrogen) atoms. The molecule has 2 N–H and O–H groups in total. The molecule has 0 aromatic heterocycles. The predicted molar refractivity (Wildman–Crippen MR) is 193 cm³/mol.